The summed E-state index contributed by atoms with van der Waals surface area (Å²) < 4.78 is 24.6. The topological polar surface area (TPSA) is 30.5 Å². The molecule has 0 saturated carbocycles. The van der Waals surface area contributed by atoms with Crippen molar-refractivity contribution in [1.29, 1.82) is 0 Å². The zero-order valence-electron chi connectivity index (χ0n) is 10.2. The summed E-state index contributed by atoms with van der Waals surface area (Å²) in [6.45, 7) is 1.42. The molecule has 0 amide bonds. The van der Waals surface area contributed by atoms with Crippen LogP contribution >= 0.6 is 0 Å². The average Bonchev–Trinajstić information content (AvgIpc) is 2.86. The van der Waals surface area contributed by atoms with Crippen LogP contribution in [0.3, 0.4) is 0 Å². The van der Waals surface area contributed by atoms with Crippen LogP contribution in [0.2, 0.25) is 0 Å². The second-order valence-corrected chi connectivity index (χ2v) is 4.25. The van der Waals surface area contributed by atoms with Gasteiger partial charge in [0, 0.05) is 24.1 Å². The van der Waals surface area contributed by atoms with Crippen LogP contribution in [0.4, 0.5) is 4.39 Å². The first-order chi connectivity index (χ1) is 8.27. The number of hydrogen-bond acceptors (Lipinski definition) is 3. The number of halogens is 1. The molecule has 3 nitrogen and oxygen atoms in total. The Morgan fingerprint density at radius 2 is 2.35 bits per heavy atom. The van der Waals surface area contributed by atoms with Crippen molar-refractivity contribution in [3.8, 4) is 5.75 Å². The summed E-state index contributed by atoms with van der Waals surface area (Å²) >= 11 is 0. The molecule has 0 radical (unpaired) electrons. The Hall–Kier alpha value is -1.13. The number of methoxy groups -OCH3 is 1. The molecule has 1 heterocycles. The van der Waals surface area contributed by atoms with Gasteiger partial charge in [-0.15, -0.1) is 0 Å². The van der Waals surface area contributed by atoms with Gasteiger partial charge in [0.25, 0.3) is 0 Å². The van der Waals surface area contributed by atoms with Crippen LogP contribution in [-0.4, -0.2) is 27.4 Å². The maximum absolute atomic E-state index is 14.0. The molecule has 0 spiro atoms. The van der Waals surface area contributed by atoms with Gasteiger partial charge in [-0.1, -0.05) is 6.07 Å². The first-order valence-corrected chi connectivity index (χ1v) is 5.85. The van der Waals surface area contributed by atoms with Gasteiger partial charge >= 0.3 is 0 Å². The first-order valence-electron chi connectivity index (χ1n) is 5.85. The maximum Gasteiger partial charge on any atom is 0.131 e. The lowest BCUT2D eigenvalue weighted by Gasteiger charge is -2.24. The van der Waals surface area contributed by atoms with Crippen LogP contribution in [0.25, 0.3) is 0 Å². The van der Waals surface area contributed by atoms with Gasteiger partial charge in [0.15, 0.2) is 0 Å². The number of hydrogen-bond donors (Lipinski definition) is 1. The minimum atomic E-state index is -0.226. The fraction of sp³-hybridized carbons (Fsp3) is 0.538. The van der Waals surface area contributed by atoms with Gasteiger partial charge < -0.3 is 14.8 Å². The zero-order valence-corrected chi connectivity index (χ0v) is 10.2. The lowest BCUT2D eigenvalue weighted by Crippen LogP contribution is -2.27. The van der Waals surface area contributed by atoms with E-state index in [-0.39, 0.29) is 11.9 Å². The minimum Gasteiger partial charge on any atom is -0.496 e. The van der Waals surface area contributed by atoms with E-state index >= 15 is 0 Å². The van der Waals surface area contributed by atoms with Crippen molar-refractivity contribution in [2.75, 3.05) is 27.4 Å². The lowest BCUT2D eigenvalue weighted by molar-refractivity contribution is 0.177. The van der Waals surface area contributed by atoms with Crippen LogP contribution in [0, 0.1) is 11.7 Å². The van der Waals surface area contributed by atoms with Crippen molar-refractivity contribution < 1.29 is 13.9 Å². The molecule has 0 aliphatic carbocycles. The molecule has 1 fully saturated rings. The van der Waals surface area contributed by atoms with E-state index in [1.807, 2.05) is 7.05 Å². The van der Waals surface area contributed by atoms with E-state index in [1.54, 1.807) is 19.2 Å². The third-order valence-corrected chi connectivity index (χ3v) is 3.29. The predicted octanol–water partition coefficient (Wildman–Crippen LogP) is 2.13. The van der Waals surface area contributed by atoms with Crippen molar-refractivity contribution in [2.45, 2.75) is 12.5 Å². The third-order valence-electron chi connectivity index (χ3n) is 3.29. The highest BCUT2D eigenvalue weighted by Crippen LogP contribution is 2.35. The highest BCUT2D eigenvalue weighted by Gasteiger charge is 2.30. The van der Waals surface area contributed by atoms with E-state index in [1.165, 1.54) is 6.07 Å². The summed E-state index contributed by atoms with van der Waals surface area (Å²) in [6.07, 6.45) is 0.947. The summed E-state index contributed by atoms with van der Waals surface area (Å²) in [5.41, 5.74) is 0.605. The summed E-state index contributed by atoms with van der Waals surface area (Å²) in [6, 6.07) is 4.86. The van der Waals surface area contributed by atoms with Gasteiger partial charge in [0.05, 0.1) is 13.7 Å². The second-order valence-electron chi connectivity index (χ2n) is 4.25. The zero-order chi connectivity index (χ0) is 12.3. The summed E-state index contributed by atoms with van der Waals surface area (Å²) in [5.74, 6) is 0.664. The predicted molar refractivity (Wildman–Crippen MR) is 63.7 cm³/mol. The molecule has 1 aromatic rings. The van der Waals surface area contributed by atoms with Crippen molar-refractivity contribution in [3.63, 3.8) is 0 Å². The maximum atomic E-state index is 14.0. The van der Waals surface area contributed by atoms with E-state index in [4.69, 9.17) is 9.47 Å². The number of ether oxygens (including phenoxy) is 2. The van der Waals surface area contributed by atoms with E-state index in [0.717, 1.165) is 13.0 Å². The molecular weight excluding hydrogens is 221 g/mol. The highest BCUT2D eigenvalue weighted by atomic mass is 19.1. The number of nitrogens with one attached hydrogen (secondary N) is 1. The van der Waals surface area contributed by atoms with Gasteiger partial charge in [-0.3, -0.25) is 0 Å². The van der Waals surface area contributed by atoms with Crippen LogP contribution in [0.15, 0.2) is 18.2 Å². The second kappa shape index (κ2) is 5.47. The van der Waals surface area contributed by atoms with Crippen molar-refractivity contribution >= 4 is 0 Å². The van der Waals surface area contributed by atoms with E-state index in [9.17, 15) is 4.39 Å². The number of rotatable bonds is 4. The van der Waals surface area contributed by atoms with Gasteiger partial charge in [0.2, 0.25) is 0 Å². The molecule has 2 rings (SSSR count). The van der Waals surface area contributed by atoms with Crippen LogP contribution in [0.1, 0.15) is 18.0 Å². The quantitative estimate of drug-likeness (QED) is 0.873. The normalized spacial score (nSPS) is 21.5. The van der Waals surface area contributed by atoms with Crippen LogP contribution < -0.4 is 10.1 Å². The average molecular weight is 239 g/mol. The molecule has 1 aliphatic heterocycles. The summed E-state index contributed by atoms with van der Waals surface area (Å²) in [4.78, 5) is 0. The molecular formula is C13H18FNO2. The van der Waals surface area contributed by atoms with Gasteiger partial charge in [0.1, 0.15) is 11.6 Å². The molecule has 1 aromatic carbocycles. The Morgan fingerprint density at radius 3 is 2.94 bits per heavy atom. The van der Waals surface area contributed by atoms with Crippen molar-refractivity contribution in [1.82, 2.24) is 5.32 Å². The molecule has 0 aromatic heterocycles. The van der Waals surface area contributed by atoms with E-state index < -0.39 is 0 Å². The van der Waals surface area contributed by atoms with Crippen molar-refractivity contribution in [2.24, 2.45) is 5.92 Å². The number of benzene rings is 1. The molecule has 0 bridgehead atoms. The molecule has 1 aliphatic rings. The monoisotopic (exact) mass is 239 g/mol. The fourth-order valence-corrected chi connectivity index (χ4v) is 2.43. The Bertz CT molecular complexity index is 378. The molecule has 2 atom stereocenters. The third kappa shape index (κ3) is 2.42. The SMILES string of the molecule is CNC(c1c(F)cccc1OC)C1CCOC1. The highest BCUT2D eigenvalue weighted by molar-refractivity contribution is 5.37. The standard InChI is InChI=1S/C13H18FNO2/c1-15-13(9-6-7-17-8-9)12-10(14)4-3-5-11(12)16-2/h3-5,9,13,15H,6-8H2,1-2H3. The summed E-state index contributed by atoms with van der Waals surface area (Å²) in [5, 5.41) is 3.18. The van der Waals surface area contributed by atoms with Crippen LogP contribution in [0.5, 0.6) is 5.75 Å². The Morgan fingerprint density at radius 1 is 1.53 bits per heavy atom. The lowest BCUT2D eigenvalue weighted by atomic mass is 9.91. The van der Waals surface area contributed by atoms with Gasteiger partial charge in [-0.05, 0) is 25.6 Å². The molecule has 17 heavy (non-hydrogen) atoms. The van der Waals surface area contributed by atoms with Crippen molar-refractivity contribution in [3.05, 3.63) is 29.6 Å². The van der Waals surface area contributed by atoms with Gasteiger partial charge in [-0.25, -0.2) is 4.39 Å². The van der Waals surface area contributed by atoms with E-state index in [0.29, 0.717) is 23.8 Å². The molecule has 4 heteroatoms. The Balaban J connectivity index is 2.35. The molecule has 2 unspecified atom stereocenters. The first kappa shape index (κ1) is 12.3. The molecule has 94 valence electrons. The minimum absolute atomic E-state index is 0.0614. The molecule has 1 N–H and O–H groups in total. The molecule has 1 saturated heterocycles. The van der Waals surface area contributed by atoms with E-state index in [2.05, 4.69) is 5.32 Å². The largest absolute Gasteiger partial charge is 0.496 e. The Labute approximate surface area is 101 Å². The Kier molecular flexibility index (Phi) is 3.97. The summed E-state index contributed by atoms with van der Waals surface area (Å²) in [7, 11) is 3.41. The smallest absolute Gasteiger partial charge is 0.131 e. The van der Waals surface area contributed by atoms with Gasteiger partial charge in [-0.2, -0.15) is 0 Å². The van der Waals surface area contributed by atoms with Crippen LogP contribution in [-0.2, 0) is 4.74 Å². The fourth-order valence-electron chi connectivity index (χ4n) is 2.43.